The Bertz CT molecular complexity index is 1360. The van der Waals surface area contributed by atoms with Gasteiger partial charge in [-0.05, 0) is 23.3 Å². The molecule has 1 aromatic heterocycles. The first-order valence-corrected chi connectivity index (χ1v) is 12.4. The maximum Gasteiger partial charge on any atom is 0.334 e. The van der Waals surface area contributed by atoms with Gasteiger partial charge in [0.2, 0.25) is 4.34 Å². The second kappa shape index (κ2) is 8.65. The first-order chi connectivity index (χ1) is 15.9. The van der Waals surface area contributed by atoms with E-state index < -0.39 is 34.4 Å². The predicted molar refractivity (Wildman–Crippen MR) is 123 cm³/mol. The van der Waals surface area contributed by atoms with Crippen LogP contribution >= 0.6 is 11.3 Å². The highest BCUT2D eigenvalue weighted by Crippen LogP contribution is 2.42. The van der Waals surface area contributed by atoms with E-state index in [-0.39, 0.29) is 4.34 Å². The summed E-state index contributed by atoms with van der Waals surface area (Å²) in [7, 11) is -4.13. The summed E-state index contributed by atoms with van der Waals surface area (Å²) in [6, 6.07) is 24.0. The number of aromatic nitrogens is 1. The Balaban J connectivity index is 1.59. The Morgan fingerprint density at radius 2 is 1.55 bits per heavy atom. The molecule has 1 fully saturated rings. The lowest BCUT2D eigenvalue weighted by atomic mass is 10.0. The fourth-order valence-corrected chi connectivity index (χ4v) is 6.16. The van der Waals surface area contributed by atoms with Crippen LogP contribution in [0.25, 0.3) is 10.2 Å². The fraction of sp³-hybridized carbons (Fsp3) is 0.130. The zero-order valence-corrected chi connectivity index (χ0v) is 18.7. The quantitative estimate of drug-likeness (QED) is 0.432. The standard InChI is InChI=1S/C23H19N3O5S2/c27-22(28)20-19(15-9-3-1-4-10-15)26(21(31-20)16-11-5-2-6-12-16)25-33(29,30)23-24-17-13-7-8-14-18(17)32-23/h1-14,19-21,25H,(H,27,28)/t19-,20+,21+/m0/s1. The highest BCUT2D eigenvalue weighted by atomic mass is 32.2. The van der Waals surface area contributed by atoms with Crippen LogP contribution in [0, 0.1) is 0 Å². The van der Waals surface area contributed by atoms with Gasteiger partial charge in [0.25, 0.3) is 10.0 Å². The van der Waals surface area contributed by atoms with Gasteiger partial charge in [0.1, 0.15) is 0 Å². The summed E-state index contributed by atoms with van der Waals surface area (Å²) in [5.41, 5.74) is 1.80. The van der Waals surface area contributed by atoms with Crippen molar-refractivity contribution in [2.45, 2.75) is 22.7 Å². The summed E-state index contributed by atoms with van der Waals surface area (Å²) in [4.78, 5) is 19.0. The van der Waals surface area contributed by atoms with Crippen molar-refractivity contribution >= 4 is 37.5 Å². The average molecular weight is 482 g/mol. The number of para-hydroxylation sites is 1. The normalized spacial score (nSPS) is 21.4. The number of benzene rings is 3. The average Bonchev–Trinajstić information content (AvgIpc) is 3.43. The smallest absolute Gasteiger partial charge is 0.334 e. The molecule has 33 heavy (non-hydrogen) atoms. The first kappa shape index (κ1) is 21.7. The van der Waals surface area contributed by atoms with Crippen molar-refractivity contribution in [3.63, 3.8) is 0 Å². The van der Waals surface area contributed by atoms with Crippen molar-refractivity contribution in [2.24, 2.45) is 0 Å². The van der Waals surface area contributed by atoms with Crippen LogP contribution in [-0.4, -0.2) is 35.6 Å². The number of hydrazine groups is 1. The molecule has 0 aliphatic carbocycles. The number of ether oxygens (including phenoxy) is 1. The van der Waals surface area contributed by atoms with Crippen LogP contribution in [-0.2, 0) is 19.6 Å². The minimum Gasteiger partial charge on any atom is -0.479 e. The van der Waals surface area contributed by atoms with Gasteiger partial charge in [-0.2, -0.15) is 5.01 Å². The maximum atomic E-state index is 13.4. The van der Waals surface area contributed by atoms with Crippen LogP contribution in [0.5, 0.6) is 0 Å². The second-order valence-corrected chi connectivity index (χ2v) is 10.3. The van der Waals surface area contributed by atoms with Crippen molar-refractivity contribution in [3.05, 3.63) is 96.1 Å². The number of carbonyl (C=O) groups is 1. The van der Waals surface area contributed by atoms with Gasteiger partial charge in [0, 0.05) is 0 Å². The molecule has 1 aliphatic rings. The molecule has 8 nitrogen and oxygen atoms in total. The SMILES string of the molecule is O=C(O)[C@@H]1O[C@H](c2ccccc2)N(NS(=O)(=O)c2nc3ccccc3s2)[C@H]1c1ccccc1. The number of rotatable bonds is 6. The van der Waals surface area contributed by atoms with Crippen LogP contribution in [0.15, 0.2) is 89.3 Å². The number of aliphatic carboxylic acids is 1. The molecule has 1 saturated heterocycles. The third-order valence-electron chi connectivity index (χ3n) is 5.31. The first-order valence-electron chi connectivity index (χ1n) is 10.1. The molecule has 4 aromatic rings. The van der Waals surface area contributed by atoms with E-state index in [9.17, 15) is 18.3 Å². The molecule has 0 amide bonds. The fourth-order valence-electron chi connectivity index (χ4n) is 3.85. The molecule has 3 aromatic carbocycles. The lowest BCUT2D eigenvalue weighted by Gasteiger charge is -2.28. The minimum absolute atomic E-state index is 0.110. The van der Waals surface area contributed by atoms with Gasteiger partial charge >= 0.3 is 5.97 Å². The maximum absolute atomic E-state index is 13.4. The van der Waals surface area contributed by atoms with Crippen molar-refractivity contribution in [2.75, 3.05) is 0 Å². The number of carboxylic acid groups (broad SMARTS) is 1. The Hall–Kier alpha value is -3.15. The minimum atomic E-state index is -4.13. The third kappa shape index (κ3) is 4.14. The summed E-state index contributed by atoms with van der Waals surface area (Å²) in [6.45, 7) is 0. The molecule has 2 heterocycles. The zero-order chi connectivity index (χ0) is 23.0. The largest absolute Gasteiger partial charge is 0.479 e. The van der Waals surface area contributed by atoms with Gasteiger partial charge in [0.15, 0.2) is 12.3 Å². The molecular formula is C23H19N3O5S2. The lowest BCUT2D eigenvalue weighted by molar-refractivity contribution is -0.150. The molecule has 5 rings (SSSR count). The van der Waals surface area contributed by atoms with E-state index in [4.69, 9.17) is 4.74 Å². The molecule has 0 radical (unpaired) electrons. The summed E-state index contributed by atoms with van der Waals surface area (Å²) in [5, 5.41) is 11.3. The van der Waals surface area contributed by atoms with Crippen molar-refractivity contribution in [3.8, 4) is 0 Å². The summed E-state index contributed by atoms with van der Waals surface area (Å²) >= 11 is 1.04. The van der Waals surface area contributed by atoms with E-state index in [1.54, 1.807) is 72.8 Å². The summed E-state index contributed by atoms with van der Waals surface area (Å²) in [5.74, 6) is -1.19. The number of sulfonamides is 1. The van der Waals surface area contributed by atoms with E-state index in [1.165, 1.54) is 5.01 Å². The molecule has 168 valence electrons. The van der Waals surface area contributed by atoms with Crippen molar-refractivity contribution < 1.29 is 23.1 Å². The molecule has 0 unspecified atom stereocenters. The Labute approximate surface area is 194 Å². The molecule has 0 bridgehead atoms. The van der Waals surface area contributed by atoms with Gasteiger partial charge in [-0.3, -0.25) is 0 Å². The molecule has 0 saturated carbocycles. The molecule has 1 aliphatic heterocycles. The summed E-state index contributed by atoms with van der Waals surface area (Å²) < 4.78 is 33.3. The van der Waals surface area contributed by atoms with Gasteiger partial charge in [-0.15, -0.1) is 16.2 Å². The monoisotopic (exact) mass is 481 g/mol. The molecule has 2 N–H and O–H groups in total. The van der Waals surface area contributed by atoms with Crippen LogP contribution < -0.4 is 4.83 Å². The van der Waals surface area contributed by atoms with Gasteiger partial charge in [-0.1, -0.05) is 72.8 Å². The molecule has 3 atom stereocenters. The highest BCUT2D eigenvalue weighted by molar-refractivity contribution is 7.91. The molecule has 10 heteroatoms. The van der Waals surface area contributed by atoms with Gasteiger partial charge < -0.3 is 9.84 Å². The number of hydrogen-bond acceptors (Lipinski definition) is 7. The topological polar surface area (TPSA) is 109 Å². The number of fused-ring (bicyclic) bond motifs is 1. The van der Waals surface area contributed by atoms with E-state index in [0.717, 1.165) is 16.0 Å². The predicted octanol–water partition coefficient (Wildman–Crippen LogP) is 3.72. The molecular weight excluding hydrogens is 462 g/mol. The molecule has 0 spiro atoms. The Morgan fingerprint density at radius 1 is 0.939 bits per heavy atom. The van der Waals surface area contributed by atoms with Crippen molar-refractivity contribution in [1.82, 2.24) is 14.8 Å². The van der Waals surface area contributed by atoms with E-state index in [2.05, 4.69) is 9.82 Å². The number of hydrogen-bond donors (Lipinski definition) is 2. The number of carboxylic acids is 1. The Kier molecular flexibility index (Phi) is 5.69. The lowest BCUT2D eigenvalue weighted by Crippen LogP contribution is -2.44. The van der Waals surface area contributed by atoms with Crippen molar-refractivity contribution in [1.29, 1.82) is 0 Å². The van der Waals surface area contributed by atoms with Crippen LogP contribution in [0.2, 0.25) is 0 Å². The second-order valence-electron chi connectivity index (χ2n) is 7.46. The number of thiazole rings is 1. The van der Waals surface area contributed by atoms with E-state index in [1.807, 2.05) is 12.1 Å². The highest BCUT2D eigenvalue weighted by Gasteiger charge is 2.49. The van der Waals surface area contributed by atoms with Crippen LogP contribution in [0.3, 0.4) is 0 Å². The van der Waals surface area contributed by atoms with Crippen LogP contribution in [0.4, 0.5) is 0 Å². The number of nitrogens with zero attached hydrogens (tertiary/aromatic N) is 2. The van der Waals surface area contributed by atoms with Crippen LogP contribution in [0.1, 0.15) is 23.4 Å². The Morgan fingerprint density at radius 3 is 2.18 bits per heavy atom. The van der Waals surface area contributed by atoms with E-state index in [0.29, 0.717) is 16.6 Å². The summed E-state index contributed by atoms with van der Waals surface area (Å²) in [6.07, 6.45) is -2.25. The third-order valence-corrected chi connectivity index (χ3v) is 8.06. The number of nitrogens with one attached hydrogen (secondary N) is 1. The van der Waals surface area contributed by atoms with Gasteiger partial charge in [-0.25, -0.2) is 18.2 Å². The van der Waals surface area contributed by atoms with Gasteiger partial charge in [0.05, 0.1) is 16.3 Å². The van der Waals surface area contributed by atoms with E-state index >= 15 is 0 Å². The zero-order valence-electron chi connectivity index (χ0n) is 17.1.